The van der Waals surface area contributed by atoms with Crippen molar-refractivity contribution in [1.82, 2.24) is 0 Å². The van der Waals surface area contributed by atoms with Crippen LogP contribution in [0.1, 0.15) is 106 Å². The summed E-state index contributed by atoms with van der Waals surface area (Å²) in [6.07, 6.45) is 11.2. The van der Waals surface area contributed by atoms with Crippen molar-refractivity contribution in [3.05, 3.63) is 24.3 Å². The number of ether oxygens (including phenoxy) is 2. The van der Waals surface area contributed by atoms with E-state index in [-0.39, 0.29) is 34.8 Å². The van der Waals surface area contributed by atoms with Crippen molar-refractivity contribution < 1.29 is 24.2 Å². The van der Waals surface area contributed by atoms with Gasteiger partial charge in [0.25, 0.3) is 0 Å². The SMILES string of the molecule is C=C(CO)C1CCC2(COC(C)=O)CCC(C)C(CCC3C(C)CCC4C(C)(COC(C)=O)C(=C)CCC34C)C12. The first-order valence-electron chi connectivity index (χ1n) is 16.0. The molecule has 4 aliphatic rings. The number of fused-ring (bicyclic) bond motifs is 2. The number of hydrogen-bond acceptors (Lipinski definition) is 5. The van der Waals surface area contributed by atoms with Crippen LogP contribution in [0.15, 0.2) is 24.3 Å². The van der Waals surface area contributed by atoms with E-state index in [9.17, 15) is 14.7 Å². The molecule has 4 fully saturated rings. The van der Waals surface area contributed by atoms with Gasteiger partial charge in [-0.25, -0.2) is 0 Å². The zero-order valence-electron chi connectivity index (χ0n) is 26.2. The maximum Gasteiger partial charge on any atom is 0.302 e. The predicted octanol–water partition coefficient (Wildman–Crippen LogP) is 7.52. The monoisotopic (exact) mass is 556 g/mol. The van der Waals surface area contributed by atoms with E-state index in [0.717, 1.165) is 44.1 Å². The Morgan fingerprint density at radius 1 is 0.925 bits per heavy atom. The maximum absolute atomic E-state index is 11.9. The number of aliphatic hydroxyl groups is 1. The third kappa shape index (κ3) is 5.57. The van der Waals surface area contributed by atoms with Gasteiger partial charge in [0.15, 0.2) is 0 Å². The van der Waals surface area contributed by atoms with Gasteiger partial charge in [-0.05, 0) is 110 Å². The van der Waals surface area contributed by atoms with Gasteiger partial charge in [0.1, 0.15) is 6.61 Å². The lowest BCUT2D eigenvalue weighted by Crippen LogP contribution is -2.54. The van der Waals surface area contributed by atoms with Crippen LogP contribution in [0.4, 0.5) is 0 Å². The summed E-state index contributed by atoms with van der Waals surface area (Å²) in [6.45, 7) is 22.5. The Kier molecular flexibility index (Phi) is 9.35. The summed E-state index contributed by atoms with van der Waals surface area (Å²) in [7, 11) is 0. The van der Waals surface area contributed by atoms with Crippen LogP contribution in [0.3, 0.4) is 0 Å². The molecule has 10 atom stereocenters. The second kappa shape index (κ2) is 11.9. The highest BCUT2D eigenvalue weighted by Gasteiger charge is 2.59. The maximum atomic E-state index is 11.9. The van der Waals surface area contributed by atoms with Crippen molar-refractivity contribution in [2.24, 2.45) is 57.7 Å². The van der Waals surface area contributed by atoms with E-state index in [4.69, 9.17) is 9.47 Å². The molecule has 0 bridgehead atoms. The summed E-state index contributed by atoms with van der Waals surface area (Å²) in [6, 6.07) is 0. The van der Waals surface area contributed by atoms with Gasteiger partial charge in [-0.3, -0.25) is 9.59 Å². The fraction of sp³-hybridized carbons (Fsp3) is 0.829. The summed E-state index contributed by atoms with van der Waals surface area (Å²) in [5, 5.41) is 10.1. The first-order chi connectivity index (χ1) is 18.8. The van der Waals surface area contributed by atoms with E-state index in [1.54, 1.807) is 0 Å². The van der Waals surface area contributed by atoms with E-state index in [1.165, 1.54) is 45.1 Å². The average molecular weight is 557 g/mol. The highest BCUT2D eigenvalue weighted by molar-refractivity contribution is 5.66. The Labute approximate surface area is 243 Å². The molecule has 40 heavy (non-hydrogen) atoms. The normalized spacial score (nSPS) is 43.0. The molecule has 0 heterocycles. The summed E-state index contributed by atoms with van der Waals surface area (Å²) < 4.78 is 11.4. The van der Waals surface area contributed by atoms with Crippen LogP contribution >= 0.6 is 0 Å². The highest BCUT2D eigenvalue weighted by atomic mass is 16.5. The van der Waals surface area contributed by atoms with Crippen molar-refractivity contribution in [2.45, 2.75) is 106 Å². The van der Waals surface area contributed by atoms with Crippen molar-refractivity contribution in [2.75, 3.05) is 19.8 Å². The summed E-state index contributed by atoms with van der Waals surface area (Å²) in [4.78, 5) is 23.7. The molecule has 0 aliphatic heterocycles. The molecule has 4 rings (SSSR count). The summed E-state index contributed by atoms with van der Waals surface area (Å²) in [5.74, 6) is 3.15. The Bertz CT molecular complexity index is 986. The van der Waals surface area contributed by atoms with Crippen LogP contribution in [0.25, 0.3) is 0 Å². The van der Waals surface area contributed by atoms with Crippen LogP contribution < -0.4 is 0 Å². The largest absolute Gasteiger partial charge is 0.465 e. The second-order valence-electron chi connectivity index (χ2n) is 14.9. The van der Waals surface area contributed by atoms with Crippen LogP contribution in [0.2, 0.25) is 0 Å². The quantitative estimate of drug-likeness (QED) is 0.235. The van der Waals surface area contributed by atoms with Gasteiger partial charge < -0.3 is 14.6 Å². The Morgan fingerprint density at radius 2 is 1.57 bits per heavy atom. The van der Waals surface area contributed by atoms with Crippen molar-refractivity contribution in [3.63, 3.8) is 0 Å². The van der Waals surface area contributed by atoms with Crippen LogP contribution in [0.5, 0.6) is 0 Å². The molecule has 0 aromatic rings. The molecule has 4 aliphatic carbocycles. The van der Waals surface area contributed by atoms with Gasteiger partial charge in [0.05, 0.1) is 13.2 Å². The summed E-state index contributed by atoms with van der Waals surface area (Å²) >= 11 is 0. The summed E-state index contributed by atoms with van der Waals surface area (Å²) in [5.41, 5.74) is 2.21. The molecule has 4 saturated carbocycles. The molecule has 0 aromatic heterocycles. The van der Waals surface area contributed by atoms with Crippen molar-refractivity contribution >= 4 is 11.9 Å². The lowest BCUT2D eigenvalue weighted by Gasteiger charge is -2.60. The van der Waals surface area contributed by atoms with E-state index >= 15 is 0 Å². The van der Waals surface area contributed by atoms with Crippen LogP contribution in [-0.2, 0) is 19.1 Å². The molecular formula is C35H56O5. The van der Waals surface area contributed by atoms with E-state index < -0.39 is 0 Å². The molecule has 0 saturated heterocycles. The van der Waals surface area contributed by atoms with Crippen molar-refractivity contribution in [1.29, 1.82) is 0 Å². The fourth-order valence-corrected chi connectivity index (χ4v) is 10.5. The highest BCUT2D eigenvalue weighted by Crippen LogP contribution is 2.65. The zero-order chi connectivity index (χ0) is 29.5. The minimum absolute atomic E-state index is 0.00141. The van der Waals surface area contributed by atoms with Gasteiger partial charge in [0, 0.05) is 24.7 Å². The molecule has 5 heteroatoms. The molecule has 0 amide bonds. The number of carbonyl (C=O) groups is 2. The average Bonchev–Trinajstić information content (AvgIpc) is 3.29. The molecule has 1 N–H and O–H groups in total. The molecular weight excluding hydrogens is 500 g/mol. The first-order valence-corrected chi connectivity index (χ1v) is 16.0. The Hall–Kier alpha value is -1.62. The lowest BCUT2D eigenvalue weighted by atomic mass is 9.44. The fourth-order valence-electron chi connectivity index (χ4n) is 10.5. The Morgan fingerprint density at radius 3 is 2.23 bits per heavy atom. The van der Waals surface area contributed by atoms with Gasteiger partial charge in [-0.15, -0.1) is 0 Å². The second-order valence-corrected chi connectivity index (χ2v) is 14.9. The minimum Gasteiger partial charge on any atom is -0.465 e. The number of carbonyl (C=O) groups excluding carboxylic acids is 2. The van der Waals surface area contributed by atoms with Gasteiger partial charge >= 0.3 is 11.9 Å². The van der Waals surface area contributed by atoms with Crippen LogP contribution in [0, 0.1) is 57.7 Å². The Balaban J connectivity index is 1.60. The molecule has 0 radical (unpaired) electrons. The zero-order valence-corrected chi connectivity index (χ0v) is 26.2. The van der Waals surface area contributed by atoms with E-state index in [1.807, 2.05) is 0 Å². The number of rotatable bonds is 9. The first kappa shape index (κ1) is 31.3. The topological polar surface area (TPSA) is 72.8 Å². The van der Waals surface area contributed by atoms with E-state index in [0.29, 0.717) is 54.6 Å². The van der Waals surface area contributed by atoms with Gasteiger partial charge in [-0.1, -0.05) is 52.8 Å². The molecule has 10 unspecified atom stereocenters. The lowest BCUT2D eigenvalue weighted by molar-refractivity contribution is -0.151. The third-order valence-corrected chi connectivity index (χ3v) is 12.8. The number of aliphatic hydroxyl groups excluding tert-OH is 1. The molecule has 5 nitrogen and oxygen atoms in total. The third-order valence-electron chi connectivity index (χ3n) is 12.8. The standard InChI is InChI=1S/C35H56O5/c1-22-13-17-35(21-40-27(6)38)18-15-29(24(3)19-36)32(35)28(22)10-11-30-23(2)9-12-31-33(30,7)16-14-25(4)34(31,8)20-39-26(5)37/h22-23,28-32,36H,3-4,9-21H2,1-2,5-8H3. The number of esters is 2. The van der Waals surface area contributed by atoms with Gasteiger partial charge in [0.2, 0.25) is 0 Å². The number of hydrogen-bond donors (Lipinski definition) is 1. The molecule has 0 spiro atoms. The van der Waals surface area contributed by atoms with Gasteiger partial charge in [-0.2, -0.15) is 0 Å². The molecule has 226 valence electrons. The van der Waals surface area contributed by atoms with E-state index in [2.05, 4.69) is 40.9 Å². The molecule has 0 aromatic carbocycles. The van der Waals surface area contributed by atoms with Crippen LogP contribution in [-0.4, -0.2) is 36.9 Å². The van der Waals surface area contributed by atoms with Crippen molar-refractivity contribution in [3.8, 4) is 0 Å². The minimum atomic E-state index is -0.207. The smallest absolute Gasteiger partial charge is 0.302 e. The predicted molar refractivity (Wildman–Crippen MR) is 159 cm³/mol.